The number of anilines is 1. The van der Waals surface area contributed by atoms with Gasteiger partial charge in [-0.3, -0.25) is 4.79 Å². The van der Waals surface area contributed by atoms with E-state index in [9.17, 15) is 4.79 Å². The lowest BCUT2D eigenvalue weighted by molar-refractivity contribution is 0.101. The van der Waals surface area contributed by atoms with Crippen LogP contribution in [0.3, 0.4) is 0 Å². The molecule has 0 aliphatic carbocycles. The summed E-state index contributed by atoms with van der Waals surface area (Å²) in [7, 11) is 3.36. The Morgan fingerprint density at radius 3 is 2.74 bits per heavy atom. The number of benzene rings is 1. The van der Waals surface area contributed by atoms with E-state index in [1.807, 2.05) is 26.2 Å². The maximum atomic E-state index is 12.1. The zero-order valence-electron chi connectivity index (χ0n) is 11.0. The van der Waals surface area contributed by atoms with Crippen LogP contribution < -0.4 is 10.1 Å². The summed E-state index contributed by atoms with van der Waals surface area (Å²) in [6, 6.07) is 7.06. The molecular weight excluding hydrogens is 264 g/mol. The fraction of sp³-hybridized carbons (Fsp3) is 0.214. The molecule has 4 nitrogen and oxygen atoms in total. The summed E-state index contributed by atoms with van der Waals surface area (Å²) >= 11 is 6.03. The lowest BCUT2D eigenvalue weighted by Crippen LogP contribution is -2.16. The Bertz CT molecular complexity index is 620. The number of ether oxygens (including phenoxy) is 1. The van der Waals surface area contributed by atoms with Crippen LogP contribution in [-0.2, 0) is 7.05 Å². The zero-order chi connectivity index (χ0) is 14.0. The number of aromatic nitrogens is 1. The van der Waals surface area contributed by atoms with Gasteiger partial charge in [-0.05, 0) is 30.7 Å². The molecule has 1 N–H and O–H groups in total. The van der Waals surface area contributed by atoms with Gasteiger partial charge in [-0.25, -0.2) is 0 Å². The van der Waals surface area contributed by atoms with Crippen LogP contribution in [0.2, 0.25) is 5.02 Å². The first-order valence-electron chi connectivity index (χ1n) is 5.79. The van der Waals surface area contributed by atoms with Crippen molar-refractivity contribution in [2.45, 2.75) is 6.92 Å². The van der Waals surface area contributed by atoms with Crippen LogP contribution in [0.15, 0.2) is 30.5 Å². The van der Waals surface area contributed by atoms with Crippen molar-refractivity contribution in [1.82, 2.24) is 4.57 Å². The molecule has 0 atom stereocenters. The van der Waals surface area contributed by atoms with E-state index in [4.69, 9.17) is 16.3 Å². The van der Waals surface area contributed by atoms with Crippen molar-refractivity contribution in [3.8, 4) is 5.75 Å². The minimum atomic E-state index is -0.187. The fourth-order valence-corrected chi connectivity index (χ4v) is 1.97. The zero-order valence-corrected chi connectivity index (χ0v) is 11.8. The van der Waals surface area contributed by atoms with Crippen molar-refractivity contribution >= 4 is 23.2 Å². The van der Waals surface area contributed by atoms with Crippen LogP contribution in [0.4, 0.5) is 5.69 Å². The summed E-state index contributed by atoms with van der Waals surface area (Å²) < 4.78 is 6.98. The van der Waals surface area contributed by atoms with Crippen molar-refractivity contribution in [1.29, 1.82) is 0 Å². The second-order valence-corrected chi connectivity index (χ2v) is 4.67. The van der Waals surface area contributed by atoms with E-state index < -0.39 is 0 Å². The first-order valence-corrected chi connectivity index (χ1v) is 6.17. The SMILES string of the molecule is COc1cc(Cl)c(C)cc1NC(=O)c1cccn1C. The highest BCUT2D eigenvalue weighted by Gasteiger charge is 2.13. The molecule has 0 saturated heterocycles. The third kappa shape index (κ3) is 2.74. The molecule has 19 heavy (non-hydrogen) atoms. The number of nitrogens with zero attached hydrogens (tertiary/aromatic N) is 1. The number of hydrogen-bond acceptors (Lipinski definition) is 2. The Morgan fingerprint density at radius 1 is 1.42 bits per heavy atom. The summed E-state index contributed by atoms with van der Waals surface area (Å²) in [6.07, 6.45) is 1.82. The molecule has 1 amide bonds. The van der Waals surface area contributed by atoms with Crippen LogP contribution in [0.1, 0.15) is 16.1 Å². The molecule has 100 valence electrons. The van der Waals surface area contributed by atoms with E-state index in [2.05, 4.69) is 5.32 Å². The van der Waals surface area contributed by atoms with Gasteiger partial charge in [0.25, 0.3) is 5.91 Å². The van der Waals surface area contributed by atoms with Crippen LogP contribution in [0.25, 0.3) is 0 Å². The monoisotopic (exact) mass is 278 g/mol. The number of amides is 1. The second-order valence-electron chi connectivity index (χ2n) is 4.26. The smallest absolute Gasteiger partial charge is 0.272 e. The van der Waals surface area contributed by atoms with E-state index in [0.29, 0.717) is 22.2 Å². The van der Waals surface area contributed by atoms with Gasteiger partial charge in [0.1, 0.15) is 11.4 Å². The number of halogens is 1. The summed E-state index contributed by atoms with van der Waals surface area (Å²) in [5, 5.41) is 3.43. The van der Waals surface area contributed by atoms with Crippen LogP contribution in [-0.4, -0.2) is 17.6 Å². The number of carbonyl (C=O) groups excluding carboxylic acids is 1. The van der Waals surface area contributed by atoms with Crippen molar-refractivity contribution in [3.05, 3.63) is 46.7 Å². The standard InChI is InChI=1S/C14H15ClN2O2/c1-9-7-11(13(19-3)8-10(9)15)16-14(18)12-5-4-6-17(12)2/h4-8H,1-3H3,(H,16,18). The molecule has 5 heteroatoms. The maximum Gasteiger partial charge on any atom is 0.272 e. The third-order valence-corrected chi connectivity index (χ3v) is 3.31. The van der Waals surface area contributed by atoms with Crippen molar-refractivity contribution in [2.24, 2.45) is 7.05 Å². The van der Waals surface area contributed by atoms with Gasteiger partial charge in [-0.1, -0.05) is 11.6 Å². The van der Waals surface area contributed by atoms with Gasteiger partial charge in [0, 0.05) is 24.3 Å². The largest absolute Gasteiger partial charge is 0.495 e. The highest BCUT2D eigenvalue weighted by Crippen LogP contribution is 2.31. The lowest BCUT2D eigenvalue weighted by atomic mass is 10.2. The molecule has 0 spiro atoms. The van der Waals surface area contributed by atoms with Crippen LogP contribution in [0.5, 0.6) is 5.75 Å². The summed E-state index contributed by atoms with van der Waals surface area (Å²) in [5.74, 6) is 0.352. The van der Waals surface area contributed by atoms with Crippen molar-refractivity contribution < 1.29 is 9.53 Å². The average Bonchev–Trinajstić information content (AvgIpc) is 2.79. The normalized spacial score (nSPS) is 10.3. The molecule has 0 bridgehead atoms. The number of carbonyl (C=O) groups is 1. The molecule has 1 aromatic heterocycles. The molecule has 1 aromatic carbocycles. The van der Waals surface area contributed by atoms with Gasteiger partial charge in [0.05, 0.1) is 12.8 Å². The summed E-state index contributed by atoms with van der Waals surface area (Å²) in [5.41, 5.74) is 2.06. The first-order chi connectivity index (χ1) is 9.02. The summed E-state index contributed by atoms with van der Waals surface area (Å²) in [6.45, 7) is 1.87. The van der Waals surface area contributed by atoms with Gasteiger partial charge in [0.15, 0.2) is 0 Å². The predicted octanol–water partition coefficient (Wildman–Crippen LogP) is 3.25. The average molecular weight is 279 g/mol. The third-order valence-electron chi connectivity index (χ3n) is 2.91. The predicted molar refractivity (Wildman–Crippen MR) is 76.1 cm³/mol. The number of rotatable bonds is 3. The van der Waals surface area contributed by atoms with Crippen molar-refractivity contribution in [3.63, 3.8) is 0 Å². The van der Waals surface area contributed by atoms with Gasteiger partial charge in [-0.2, -0.15) is 0 Å². The lowest BCUT2D eigenvalue weighted by Gasteiger charge is -2.12. The van der Waals surface area contributed by atoms with E-state index in [0.717, 1.165) is 5.56 Å². The molecule has 0 aliphatic heterocycles. The fourth-order valence-electron chi connectivity index (χ4n) is 1.81. The number of aryl methyl sites for hydroxylation is 2. The maximum absolute atomic E-state index is 12.1. The van der Waals surface area contributed by atoms with Crippen LogP contribution in [0, 0.1) is 6.92 Å². The van der Waals surface area contributed by atoms with E-state index in [1.165, 1.54) is 0 Å². The number of hydrogen-bond donors (Lipinski definition) is 1. The second kappa shape index (κ2) is 5.36. The Morgan fingerprint density at radius 2 is 2.16 bits per heavy atom. The summed E-state index contributed by atoms with van der Waals surface area (Å²) in [4.78, 5) is 12.1. The first kappa shape index (κ1) is 13.5. The molecule has 0 saturated carbocycles. The quantitative estimate of drug-likeness (QED) is 0.936. The van der Waals surface area contributed by atoms with Gasteiger partial charge >= 0.3 is 0 Å². The Kier molecular flexibility index (Phi) is 3.81. The van der Waals surface area contributed by atoms with E-state index in [1.54, 1.807) is 29.9 Å². The van der Waals surface area contributed by atoms with Gasteiger partial charge in [-0.15, -0.1) is 0 Å². The molecule has 0 radical (unpaired) electrons. The minimum Gasteiger partial charge on any atom is -0.495 e. The van der Waals surface area contributed by atoms with Crippen LogP contribution >= 0.6 is 11.6 Å². The Hall–Kier alpha value is -1.94. The molecule has 2 aromatic rings. The van der Waals surface area contributed by atoms with E-state index in [-0.39, 0.29) is 5.91 Å². The topological polar surface area (TPSA) is 43.3 Å². The molecule has 0 fully saturated rings. The minimum absolute atomic E-state index is 0.187. The number of methoxy groups -OCH3 is 1. The molecule has 0 unspecified atom stereocenters. The highest BCUT2D eigenvalue weighted by atomic mass is 35.5. The Labute approximate surface area is 116 Å². The van der Waals surface area contributed by atoms with E-state index >= 15 is 0 Å². The molecule has 2 rings (SSSR count). The highest BCUT2D eigenvalue weighted by molar-refractivity contribution is 6.31. The number of nitrogens with one attached hydrogen (secondary N) is 1. The molecular formula is C14H15ClN2O2. The molecule has 0 aliphatic rings. The van der Waals surface area contributed by atoms with Crippen molar-refractivity contribution in [2.75, 3.05) is 12.4 Å². The molecule has 1 heterocycles. The van der Waals surface area contributed by atoms with Gasteiger partial charge in [0.2, 0.25) is 0 Å². The van der Waals surface area contributed by atoms with Gasteiger partial charge < -0.3 is 14.6 Å². The Balaban J connectivity index is 2.31.